The van der Waals surface area contributed by atoms with Crippen LogP contribution in [0, 0.1) is 5.92 Å². The van der Waals surface area contributed by atoms with E-state index in [1.165, 1.54) is 5.57 Å². The highest BCUT2D eigenvalue weighted by Gasteiger charge is 2.17. The maximum absolute atomic E-state index is 4.89. The van der Waals surface area contributed by atoms with Crippen molar-refractivity contribution in [3.8, 4) is 11.3 Å². The van der Waals surface area contributed by atoms with E-state index in [1.807, 2.05) is 24.3 Å². The Kier molecular flexibility index (Phi) is 5.75. The van der Waals surface area contributed by atoms with Crippen LogP contribution in [-0.4, -0.2) is 9.55 Å². The molecule has 1 unspecified atom stereocenters. The molecule has 2 nitrogen and oxygen atoms in total. The smallest absolute Gasteiger partial charge is 0.140 e. The summed E-state index contributed by atoms with van der Waals surface area (Å²) in [6.07, 6.45) is 9.30. The summed E-state index contributed by atoms with van der Waals surface area (Å²) in [5.41, 5.74) is 4.61. The molecule has 0 radical (unpaired) electrons. The van der Waals surface area contributed by atoms with Gasteiger partial charge in [0.2, 0.25) is 0 Å². The van der Waals surface area contributed by atoms with Crippen LogP contribution >= 0.6 is 0 Å². The molecule has 0 aliphatic carbocycles. The summed E-state index contributed by atoms with van der Waals surface area (Å²) in [7, 11) is 2.05. The van der Waals surface area contributed by atoms with Crippen molar-refractivity contribution in [1.29, 1.82) is 0 Å². The number of benzene rings is 1. The Bertz CT molecular complexity index is 718. The van der Waals surface area contributed by atoms with Crippen LogP contribution in [0.2, 0.25) is 0 Å². The third-order valence-electron chi connectivity index (χ3n) is 4.24. The summed E-state index contributed by atoms with van der Waals surface area (Å²) in [5.74, 6) is 1.47. The van der Waals surface area contributed by atoms with Crippen molar-refractivity contribution in [2.45, 2.75) is 27.2 Å². The van der Waals surface area contributed by atoms with Gasteiger partial charge in [0, 0.05) is 24.4 Å². The molecule has 0 spiro atoms. The number of hydrogen-bond acceptors (Lipinski definition) is 1. The molecule has 1 heterocycles. The average Bonchev–Trinajstić information content (AvgIpc) is 2.97. The van der Waals surface area contributed by atoms with E-state index in [0.717, 1.165) is 29.1 Å². The zero-order chi connectivity index (χ0) is 16.8. The molecule has 2 rings (SSSR count). The van der Waals surface area contributed by atoms with E-state index in [9.17, 15) is 0 Å². The Morgan fingerprint density at radius 1 is 1.30 bits per heavy atom. The van der Waals surface area contributed by atoms with Gasteiger partial charge >= 0.3 is 0 Å². The van der Waals surface area contributed by atoms with Crippen LogP contribution in [0.4, 0.5) is 0 Å². The van der Waals surface area contributed by atoms with Gasteiger partial charge in [-0.25, -0.2) is 4.98 Å². The molecule has 1 atom stereocenters. The number of hydrogen-bond donors (Lipinski definition) is 0. The molecule has 2 aromatic rings. The molecule has 0 amide bonds. The third kappa shape index (κ3) is 3.70. The van der Waals surface area contributed by atoms with Crippen LogP contribution in [0.1, 0.15) is 33.0 Å². The first-order valence-corrected chi connectivity index (χ1v) is 8.20. The second-order valence-corrected chi connectivity index (χ2v) is 5.80. The fourth-order valence-electron chi connectivity index (χ4n) is 2.81. The minimum absolute atomic E-state index is 0.489. The molecule has 1 aromatic carbocycles. The average molecular weight is 306 g/mol. The number of aryl methyl sites for hydroxylation is 1. The van der Waals surface area contributed by atoms with Gasteiger partial charge in [0.05, 0.1) is 5.69 Å². The number of nitrogens with zero attached hydrogens (tertiary/aromatic N) is 2. The fraction of sp³-hybridized carbons (Fsp3) is 0.286. The number of imidazole rings is 1. The zero-order valence-electron chi connectivity index (χ0n) is 14.6. The van der Waals surface area contributed by atoms with Gasteiger partial charge in [0.15, 0.2) is 0 Å². The highest BCUT2D eigenvalue weighted by molar-refractivity contribution is 5.78. The molecule has 0 bridgehead atoms. The predicted molar refractivity (Wildman–Crippen MR) is 100 cm³/mol. The molecule has 23 heavy (non-hydrogen) atoms. The molecule has 0 saturated heterocycles. The van der Waals surface area contributed by atoms with Crippen molar-refractivity contribution in [3.63, 3.8) is 0 Å². The maximum Gasteiger partial charge on any atom is 0.140 e. The molecule has 1 aromatic heterocycles. The Morgan fingerprint density at radius 3 is 2.57 bits per heavy atom. The minimum Gasteiger partial charge on any atom is -0.333 e. The summed E-state index contributed by atoms with van der Waals surface area (Å²) in [6, 6.07) is 10.3. The zero-order valence-corrected chi connectivity index (χ0v) is 14.6. The molecule has 0 aliphatic rings. The molecule has 0 N–H and O–H groups in total. The Morgan fingerprint density at radius 2 is 2.00 bits per heavy atom. The SMILES string of the molecule is C=C/C=C(\C(=C/C)C(C)CC)c1nc(-c2ccccc2)cn1C. The molecule has 2 heteroatoms. The molecule has 120 valence electrons. The van der Waals surface area contributed by atoms with Gasteiger partial charge in [-0.1, -0.05) is 69.0 Å². The summed E-state index contributed by atoms with van der Waals surface area (Å²) in [4.78, 5) is 4.89. The van der Waals surface area contributed by atoms with Crippen LogP contribution in [0.15, 0.2) is 66.9 Å². The maximum atomic E-state index is 4.89. The van der Waals surface area contributed by atoms with Gasteiger partial charge in [-0.15, -0.1) is 0 Å². The van der Waals surface area contributed by atoms with Gasteiger partial charge < -0.3 is 4.57 Å². The van der Waals surface area contributed by atoms with E-state index in [-0.39, 0.29) is 0 Å². The second kappa shape index (κ2) is 7.77. The highest BCUT2D eigenvalue weighted by atomic mass is 15.0. The fourth-order valence-corrected chi connectivity index (χ4v) is 2.81. The van der Waals surface area contributed by atoms with E-state index in [0.29, 0.717) is 5.92 Å². The Balaban J connectivity index is 2.52. The quantitative estimate of drug-likeness (QED) is 0.631. The monoisotopic (exact) mass is 306 g/mol. The lowest BCUT2D eigenvalue weighted by Gasteiger charge is -2.17. The first kappa shape index (κ1) is 17.0. The molecule has 0 aliphatic heterocycles. The summed E-state index contributed by atoms with van der Waals surface area (Å²) >= 11 is 0. The van der Waals surface area contributed by atoms with Crippen molar-refractivity contribution >= 4 is 5.57 Å². The third-order valence-corrected chi connectivity index (χ3v) is 4.24. The van der Waals surface area contributed by atoms with Gasteiger partial charge in [0.25, 0.3) is 0 Å². The largest absolute Gasteiger partial charge is 0.333 e. The van der Waals surface area contributed by atoms with Crippen LogP contribution < -0.4 is 0 Å². The van der Waals surface area contributed by atoms with Crippen LogP contribution in [0.5, 0.6) is 0 Å². The minimum atomic E-state index is 0.489. The van der Waals surface area contributed by atoms with Crippen LogP contribution in [-0.2, 0) is 7.05 Å². The van der Waals surface area contributed by atoms with E-state index in [1.54, 1.807) is 0 Å². The number of aromatic nitrogens is 2. The standard InChI is InChI=1S/C21H26N2/c1-6-12-19(18(8-3)16(4)7-2)21-22-20(15-23(21)5)17-13-10-9-11-14-17/h6,8-16H,1,7H2,2-5H3/b18-8-,19-12+. The van der Waals surface area contributed by atoms with Crippen molar-refractivity contribution in [2.75, 3.05) is 0 Å². The second-order valence-electron chi connectivity index (χ2n) is 5.80. The molecular weight excluding hydrogens is 280 g/mol. The van der Waals surface area contributed by atoms with Crippen molar-refractivity contribution in [1.82, 2.24) is 9.55 Å². The van der Waals surface area contributed by atoms with E-state index < -0.39 is 0 Å². The van der Waals surface area contributed by atoms with E-state index in [4.69, 9.17) is 4.98 Å². The summed E-state index contributed by atoms with van der Waals surface area (Å²) in [6.45, 7) is 10.5. The molecule has 0 saturated carbocycles. The first-order valence-electron chi connectivity index (χ1n) is 8.20. The number of rotatable bonds is 6. The predicted octanol–water partition coefficient (Wildman–Crippen LogP) is 5.65. The topological polar surface area (TPSA) is 17.8 Å². The van der Waals surface area contributed by atoms with Gasteiger partial charge in [-0.2, -0.15) is 0 Å². The highest BCUT2D eigenvalue weighted by Crippen LogP contribution is 2.31. The van der Waals surface area contributed by atoms with Crippen molar-refractivity contribution < 1.29 is 0 Å². The van der Waals surface area contributed by atoms with E-state index in [2.05, 4.69) is 69.4 Å². The van der Waals surface area contributed by atoms with E-state index >= 15 is 0 Å². The first-order chi connectivity index (χ1) is 11.1. The lowest BCUT2D eigenvalue weighted by Crippen LogP contribution is -2.05. The summed E-state index contributed by atoms with van der Waals surface area (Å²) in [5, 5.41) is 0. The van der Waals surface area contributed by atoms with Gasteiger partial charge in [-0.05, 0) is 24.8 Å². The van der Waals surface area contributed by atoms with Crippen LogP contribution in [0.25, 0.3) is 16.8 Å². The summed E-state index contributed by atoms with van der Waals surface area (Å²) < 4.78 is 2.10. The lowest BCUT2D eigenvalue weighted by molar-refractivity contribution is 0.670. The van der Waals surface area contributed by atoms with Crippen LogP contribution in [0.3, 0.4) is 0 Å². The number of allylic oxidation sites excluding steroid dienone is 5. The lowest BCUT2D eigenvalue weighted by atomic mass is 9.90. The molecular formula is C21H26N2. The van der Waals surface area contributed by atoms with Gasteiger partial charge in [0.1, 0.15) is 5.82 Å². The Hall–Kier alpha value is -2.35. The van der Waals surface area contributed by atoms with Crippen molar-refractivity contribution in [3.05, 3.63) is 72.7 Å². The van der Waals surface area contributed by atoms with Gasteiger partial charge in [-0.3, -0.25) is 0 Å². The molecule has 0 fully saturated rings. The normalized spacial score (nSPS) is 13.9. The van der Waals surface area contributed by atoms with Crippen molar-refractivity contribution in [2.24, 2.45) is 13.0 Å². The Labute approximate surface area is 139 Å².